The Labute approximate surface area is 123 Å². The minimum absolute atomic E-state index is 0.157. The lowest BCUT2D eigenvalue weighted by molar-refractivity contribution is 0.380. The Balaban J connectivity index is 2.23. The van der Waals surface area contributed by atoms with Crippen LogP contribution in [-0.4, -0.2) is 26.3 Å². The highest BCUT2D eigenvalue weighted by Gasteiger charge is 2.17. The number of likely N-dealkylation sites (N-methyl/N-ethyl adjacent to an activating group) is 1. The van der Waals surface area contributed by atoms with E-state index in [2.05, 4.69) is 10.3 Å². The topological polar surface area (TPSA) is 43.4 Å². The molecule has 21 heavy (non-hydrogen) atoms. The lowest BCUT2D eigenvalue weighted by Crippen LogP contribution is -2.20. The van der Waals surface area contributed by atoms with Crippen molar-refractivity contribution in [1.29, 1.82) is 0 Å². The molecule has 0 aliphatic heterocycles. The Morgan fingerprint density at radius 2 is 2.00 bits per heavy atom. The van der Waals surface area contributed by atoms with Gasteiger partial charge in [0.25, 0.3) is 0 Å². The summed E-state index contributed by atoms with van der Waals surface area (Å²) in [7, 11) is 4.84. The summed E-state index contributed by atoms with van der Waals surface area (Å²) in [5.41, 5.74) is 1.57. The van der Waals surface area contributed by atoms with Crippen molar-refractivity contribution in [3.05, 3.63) is 53.5 Å². The Hall–Kier alpha value is -2.14. The van der Waals surface area contributed by atoms with Crippen LogP contribution in [0.15, 0.2) is 36.5 Å². The predicted octanol–water partition coefficient (Wildman–Crippen LogP) is 2.74. The van der Waals surface area contributed by atoms with Gasteiger partial charge in [0.1, 0.15) is 0 Å². The standard InChI is InChI=1S/C16H19FN2O2/c1-18-13(9-11-7-8-15(21-3)19-10-11)12-5-4-6-14(20-2)16(12)17/h4-8,10,13,18H,9H2,1-3H3. The van der Waals surface area contributed by atoms with Gasteiger partial charge in [-0.2, -0.15) is 0 Å². The van der Waals surface area contributed by atoms with Crippen LogP contribution in [0.4, 0.5) is 4.39 Å². The van der Waals surface area contributed by atoms with Gasteiger partial charge in [0.15, 0.2) is 11.6 Å². The maximum atomic E-state index is 14.3. The van der Waals surface area contributed by atoms with E-state index in [1.165, 1.54) is 7.11 Å². The summed E-state index contributed by atoms with van der Waals surface area (Å²) >= 11 is 0. The normalized spacial score (nSPS) is 12.0. The van der Waals surface area contributed by atoms with Crippen LogP contribution < -0.4 is 14.8 Å². The molecule has 0 aliphatic carbocycles. The number of ether oxygens (including phenoxy) is 2. The number of methoxy groups -OCH3 is 2. The lowest BCUT2D eigenvalue weighted by atomic mass is 9.99. The summed E-state index contributed by atoms with van der Waals surface area (Å²) in [5.74, 6) is 0.480. The molecule has 1 N–H and O–H groups in total. The highest BCUT2D eigenvalue weighted by molar-refractivity contribution is 5.34. The summed E-state index contributed by atoms with van der Waals surface area (Å²) in [4.78, 5) is 4.17. The predicted molar refractivity (Wildman–Crippen MR) is 79.2 cm³/mol. The second-order valence-corrected chi connectivity index (χ2v) is 4.62. The van der Waals surface area contributed by atoms with E-state index in [4.69, 9.17) is 9.47 Å². The summed E-state index contributed by atoms with van der Waals surface area (Å²) in [6.07, 6.45) is 2.36. The van der Waals surface area contributed by atoms with Gasteiger partial charge >= 0.3 is 0 Å². The van der Waals surface area contributed by atoms with E-state index in [1.807, 2.05) is 6.07 Å². The fourth-order valence-electron chi connectivity index (χ4n) is 2.21. The molecule has 5 heteroatoms. The lowest BCUT2D eigenvalue weighted by Gasteiger charge is -2.18. The van der Waals surface area contributed by atoms with E-state index < -0.39 is 0 Å². The zero-order valence-electron chi connectivity index (χ0n) is 12.4. The van der Waals surface area contributed by atoms with Crippen molar-refractivity contribution in [1.82, 2.24) is 10.3 Å². The Morgan fingerprint density at radius 1 is 1.19 bits per heavy atom. The molecule has 1 heterocycles. The first-order valence-corrected chi connectivity index (χ1v) is 6.68. The molecule has 1 aromatic carbocycles. The van der Waals surface area contributed by atoms with Crippen LogP contribution in [0.25, 0.3) is 0 Å². The van der Waals surface area contributed by atoms with E-state index >= 15 is 0 Å². The van der Waals surface area contributed by atoms with Crippen LogP contribution in [-0.2, 0) is 6.42 Å². The monoisotopic (exact) mass is 290 g/mol. The summed E-state index contributed by atoms with van der Waals surface area (Å²) < 4.78 is 24.4. The van der Waals surface area contributed by atoms with Crippen LogP contribution in [0.3, 0.4) is 0 Å². The van der Waals surface area contributed by atoms with Crippen LogP contribution in [0.1, 0.15) is 17.2 Å². The molecule has 0 spiro atoms. The summed E-state index contributed by atoms with van der Waals surface area (Å²) in [6.45, 7) is 0. The third kappa shape index (κ3) is 3.49. The SMILES string of the molecule is CNC(Cc1ccc(OC)nc1)c1cccc(OC)c1F. The molecule has 1 unspecified atom stereocenters. The average molecular weight is 290 g/mol. The molecule has 2 rings (SSSR count). The van der Waals surface area contributed by atoms with Crippen molar-refractivity contribution in [3.8, 4) is 11.6 Å². The van der Waals surface area contributed by atoms with Crippen molar-refractivity contribution in [2.75, 3.05) is 21.3 Å². The van der Waals surface area contributed by atoms with Crippen LogP contribution in [0.5, 0.6) is 11.6 Å². The molecule has 0 radical (unpaired) electrons. The van der Waals surface area contributed by atoms with Gasteiger partial charge < -0.3 is 14.8 Å². The first kappa shape index (κ1) is 15.3. The van der Waals surface area contributed by atoms with Gasteiger partial charge in [0.05, 0.1) is 14.2 Å². The second-order valence-electron chi connectivity index (χ2n) is 4.62. The molecule has 0 amide bonds. The van der Waals surface area contributed by atoms with Gasteiger partial charge in [-0.05, 0) is 25.1 Å². The number of benzene rings is 1. The number of nitrogens with one attached hydrogen (secondary N) is 1. The van der Waals surface area contributed by atoms with E-state index in [1.54, 1.807) is 44.6 Å². The number of hydrogen-bond acceptors (Lipinski definition) is 4. The van der Waals surface area contributed by atoms with E-state index in [0.29, 0.717) is 17.9 Å². The van der Waals surface area contributed by atoms with Gasteiger partial charge in [-0.15, -0.1) is 0 Å². The molecule has 0 saturated carbocycles. The van der Waals surface area contributed by atoms with Crippen molar-refractivity contribution in [3.63, 3.8) is 0 Å². The highest BCUT2D eigenvalue weighted by atomic mass is 19.1. The van der Waals surface area contributed by atoms with Crippen molar-refractivity contribution < 1.29 is 13.9 Å². The number of halogens is 1. The number of nitrogens with zero attached hydrogens (tertiary/aromatic N) is 1. The highest BCUT2D eigenvalue weighted by Crippen LogP contribution is 2.27. The number of hydrogen-bond donors (Lipinski definition) is 1. The Bertz CT molecular complexity index is 587. The molecule has 1 atom stereocenters. The van der Waals surface area contributed by atoms with Gasteiger partial charge in [-0.25, -0.2) is 9.37 Å². The number of pyridine rings is 1. The third-order valence-corrected chi connectivity index (χ3v) is 3.38. The molecular formula is C16H19FN2O2. The van der Waals surface area contributed by atoms with Gasteiger partial charge in [-0.1, -0.05) is 18.2 Å². The first-order valence-electron chi connectivity index (χ1n) is 6.68. The molecule has 0 aliphatic rings. The van der Waals surface area contributed by atoms with Crippen molar-refractivity contribution in [2.24, 2.45) is 0 Å². The molecule has 0 fully saturated rings. The maximum absolute atomic E-state index is 14.3. The molecule has 0 bridgehead atoms. The van der Waals surface area contributed by atoms with Crippen LogP contribution in [0.2, 0.25) is 0 Å². The molecule has 0 saturated heterocycles. The fourth-order valence-corrected chi connectivity index (χ4v) is 2.21. The minimum atomic E-state index is -0.333. The Kier molecular flexibility index (Phi) is 5.11. The molecule has 112 valence electrons. The van der Waals surface area contributed by atoms with Crippen molar-refractivity contribution >= 4 is 0 Å². The average Bonchev–Trinajstić information content (AvgIpc) is 2.54. The van der Waals surface area contributed by atoms with E-state index in [-0.39, 0.29) is 17.6 Å². The van der Waals surface area contributed by atoms with E-state index in [9.17, 15) is 4.39 Å². The zero-order valence-corrected chi connectivity index (χ0v) is 12.4. The zero-order chi connectivity index (χ0) is 15.2. The second kappa shape index (κ2) is 7.04. The van der Waals surface area contributed by atoms with E-state index in [0.717, 1.165) is 5.56 Å². The summed E-state index contributed by atoms with van der Waals surface area (Å²) in [6, 6.07) is 8.72. The molecule has 1 aromatic heterocycles. The molecule has 4 nitrogen and oxygen atoms in total. The van der Waals surface area contributed by atoms with Gasteiger partial charge in [-0.3, -0.25) is 0 Å². The fraction of sp³-hybridized carbons (Fsp3) is 0.312. The quantitative estimate of drug-likeness (QED) is 0.888. The van der Waals surface area contributed by atoms with Crippen LogP contribution in [0, 0.1) is 5.82 Å². The molecule has 2 aromatic rings. The maximum Gasteiger partial charge on any atom is 0.212 e. The van der Waals surface area contributed by atoms with Gasteiger partial charge in [0, 0.05) is 23.9 Å². The molecular weight excluding hydrogens is 271 g/mol. The summed E-state index contributed by atoms with van der Waals surface area (Å²) in [5, 5.41) is 3.13. The van der Waals surface area contributed by atoms with Crippen LogP contribution >= 0.6 is 0 Å². The minimum Gasteiger partial charge on any atom is -0.494 e. The first-order chi connectivity index (χ1) is 10.2. The number of rotatable bonds is 6. The van der Waals surface area contributed by atoms with Gasteiger partial charge in [0.2, 0.25) is 5.88 Å². The Morgan fingerprint density at radius 3 is 2.57 bits per heavy atom. The largest absolute Gasteiger partial charge is 0.494 e. The smallest absolute Gasteiger partial charge is 0.212 e. The third-order valence-electron chi connectivity index (χ3n) is 3.38. The number of aromatic nitrogens is 1. The van der Waals surface area contributed by atoms with Crippen molar-refractivity contribution in [2.45, 2.75) is 12.5 Å².